The van der Waals surface area contributed by atoms with Crippen molar-refractivity contribution in [1.82, 2.24) is 14.6 Å². The van der Waals surface area contributed by atoms with Crippen LogP contribution in [0.3, 0.4) is 0 Å². The van der Waals surface area contributed by atoms with E-state index in [1.54, 1.807) is 16.9 Å². The summed E-state index contributed by atoms with van der Waals surface area (Å²) in [6.45, 7) is 4.20. The lowest BCUT2D eigenvalue weighted by Gasteiger charge is -2.27. The second-order valence-electron chi connectivity index (χ2n) is 7.38. The molecule has 29 heavy (non-hydrogen) atoms. The molecule has 0 bridgehead atoms. The first-order valence-electron chi connectivity index (χ1n) is 10.1. The maximum Gasteiger partial charge on any atom is 0.138 e. The number of rotatable bonds is 6. The van der Waals surface area contributed by atoms with Crippen LogP contribution in [0.15, 0.2) is 36.8 Å². The lowest BCUT2D eigenvalue weighted by Crippen LogP contribution is -2.29. The molecule has 0 saturated carbocycles. The highest BCUT2D eigenvalue weighted by atomic mass is 16.5. The second kappa shape index (κ2) is 8.50. The van der Waals surface area contributed by atoms with E-state index in [9.17, 15) is 10.4 Å². The van der Waals surface area contributed by atoms with Gasteiger partial charge in [0.25, 0.3) is 0 Å². The highest BCUT2D eigenvalue weighted by molar-refractivity contribution is 5.85. The molecule has 0 spiro atoms. The molecule has 1 fully saturated rings. The zero-order chi connectivity index (χ0) is 20.2. The molecule has 150 valence electrons. The van der Waals surface area contributed by atoms with E-state index >= 15 is 0 Å². The summed E-state index contributed by atoms with van der Waals surface area (Å²) >= 11 is 0. The first-order chi connectivity index (χ1) is 14.2. The number of nitriles is 1. The zero-order valence-electron chi connectivity index (χ0n) is 16.6. The molecule has 7 nitrogen and oxygen atoms in total. The SMILES string of the molecule is CC[C@@H](O)COc1cc(-c2ccc(N3CCCCC3)nc2)c2c(C#N)cnn2c1. The van der Waals surface area contributed by atoms with Crippen molar-refractivity contribution in [2.75, 3.05) is 24.6 Å². The lowest BCUT2D eigenvalue weighted by atomic mass is 10.0. The topological polar surface area (TPSA) is 86.7 Å². The second-order valence-corrected chi connectivity index (χ2v) is 7.38. The van der Waals surface area contributed by atoms with Crippen molar-refractivity contribution in [1.29, 1.82) is 5.26 Å². The largest absolute Gasteiger partial charge is 0.489 e. The Morgan fingerprint density at radius 1 is 1.24 bits per heavy atom. The third kappa shape index (κ3) is 4.03. The Bertz CT molecular complexity index is 1020. The van der Waals surface area contributed by atoms with Crippen molar-refractivity contribution in [2.24, 2.45) is 0 Å². The Morgan fingerprint density at radius 3 is 2.76 bits per heavy atom. The monoisotopic (exact) mass is 391 g/mol. The summed E-state index contributed by atoms with van der Waals surface area (Å²) in [6.07, 6.45) is 8.92. The van der Waals surface area contributed by atoms with E-state index in [1.165, 1.54) is 19.3 Å². The number of hydrogen-bond donors (Lipinski definition) is 1. The van der Waals surface area contributed by atoms with Crippen LogP contribution in [0.1, 0.15) is 38.2 Å². The molecule has 0 amide bonds. The third-order valence-corrected chi connectivity index (χ3v) is 5.36. The molecule has 1 atom stereocenters. The first kappa shape index (κ1) is 19.2. The minimum atomic E-state index is -0.521. The Kier molecular flexibility index (Phi) is 5.63. The summed E-state index contributed by atoms with van der Waals surface area (Å²) in [7, 11) is 0. The molecule has 0 aliphatic carbocycles. The Balaban J connectivity index is 1.70. The quantitative estimate of drug-likeness (QED) is 0.693. The summed E-state index contributed by atoms with van der Waals surface area (Å²) in [5, 5.41) is 23.6. The van der Waals surface area contributed by atoms with E-state index in [0.29, 0.717) is 17.7 Å². The van der Waals surface area contributed by atoms with Crippen molar-refractivity contribution in [2.45, 2.75) is 38.7 Å². The Labute approximate surface area is 170 Å². The minimum absolute atomic E-state index is 0.208. The molecule has 1 aliphatic heterocycles. The standard InChI is InChI=1S/C22H25N5O2/c1-2-18(28)15-29-19-10-20(22-17(11-23)13-25-27(22)14-19)16-6-7-21(24-12-16)26-8-4-3-5-9-26/h6-7,10,12-14,18,28H,2-5,8-9,15H2,1H3/t18-/m1/s1. The number of hydrogen-bond acceptors (Lipinski definition) is 6. The summed E-state index contributed by atoms with van der Waals surface area (Å²) in [4.78, 5) is 6.99. The van der Waals surface area contributed by atoms with Crippen LogP contribution in [0.25, 0.3) is 16.6 Å². The number of pyridine rings is 2. The molecule has 4 heterocycles. The van der Waals surface area contributed by atoms with Gasteiger partial charge in [-0.25, -0.2) is 9.50 Å². The van der Waals surface area contributed by atoms with Gasteiger partial charge in [-0.3, -0.25) is 0 Å². The molecule has 3 aromatic heterocycles. The summed E-state index contributed by atoms with van der Waals surface area (Å²) in [5.41, 5.74) is 2.96. The summed E-state index contributed by atoms with van der Waals surface area (Å²) < 4.78 is 7.42. The van der Waals surface area contributed by atoms with Crippen LogP contribution < -0.4 is 9.64 Å². The van der Waals surface area contributed by atoms with E-state index in [0.717, 1.165) is 35.6 Å². The fraction of sp³-hybridized carbons (Fsp3) is 0.409. The van der Waals surface area contributed by atoms with Gasteiger partial charge >= 0.3 is 0 Å². The van der Waals surface area contributed by atoms with Gasteiger partial charge in [-0.1, -0.05) is 6.92 Å². The number of nitrogens with zero attached hydrogens (tertiary/aromatic N) is 5. The van der Waals surface area contributed by atoms with E-state index in [2.05, 4.69) is 21.1 Å². The van der Waals surface area contributed by atoms with Crippen LogP contribution in [0, 0.1) is 11.3 Å². The fourth-order valence-corrected chi connectivity index (χ4v) is 3.64. The number of anilines is 1. The van der Waals surface area contributed by atoms with Crippen molar-refractivity contribution in [3.05, 3.63) is 42.4 Å². The highest BCUT2D eigenvalue weighted by Gasteiger charge is 2.16. The predicted octanol–water partition coefficient (Wildman–Crippen LogP) is 3.41. The summed E-state index contributed by atoms with van der Waals surface area (Å²) in [6, 6.07) is 8.16. The molecule has 0 unspecified atom stereocenters. The normalized spacial score (nSPS) is 15.3. The fourth-order valence-electron chi connectivity index (χ4n) is 3.64. The molecule has 7 heteroatoms. The van der Waals surface area contributed by atoms with E-state index < -0.39 is 6.10 Å². The van der Waals surface area contributed by atoms with E-state index in [-0.39, 0.29) is 6.61 Å². The van der Waals surface area contributed by atoms with Crippen LogP contribution in [-0.4, -0.2) is 45.5 Å². The van der Waals surface area contributed by atoms with Gasteiger partial charge in [0.15, 0.2) is 0 Å². The van der Waals surface area contributed by atoms with Gasteiger partial charge in [0.2, 0.25) is 0 Å². The number of aliphatic hydroxyl groups is 1. The first-order valence-corrected chi connectivity index (χ1v) is 10.1. The molecule has 0 radical (unpaired) electrons. The molecular formula is C22H25N5O2. The van der Waals surface area contributed by atoms with Crippen molar-refractivity contribution in [3.8, 4) is 22.9 Å². The number of aliphatic hydroxyl groups excluding tert-OH is 1. The van der Waals surface area contributed by atoms with Crippen LogP contribution in [-0.2, 0) is 0 Å². The van der Waals surface area contributed by atoms with Gasteiger partial charge in [-0.15, -0.1) is 0 Å². The average Bonchev–Trinajstić information content (AvgIpc) is 3.20. The Hall–Kier alpha value is -3.11. The van der Waals surface area contributed by atoms with Gasteiger partial charge in [-0.2, -0.15) is 10.4 Å². The lowest BCUT2D eigenvalue weighted by molar-refractivity contribution is 0.104. The average molecular weight is 391 g/mol. The van der Waals surface area contributed by atoms with Crippen molar-refractivity contribution in [3.63, 3.8) is 0 Å². The molecular weight excluding hydrogens is 366 g/mol. The van der Waals surface area contributed by atoms with Gasteiger partial charge in [0, 0.05) is 30.4 Å². The third-order valence-electron chi connectivity index (χ3n) is 5.36. The van der Waals surface area contributed by atoms with Crippen LogP contribution in [0.5, 0.6) is 5.75 Å². The highest BCUT2D eigenvalue weighted by Crippen LogP contribution is 2.31. The van der Waals surface area contributed by atoms with Crippen LogP contribution in [0.4, 0.5) is 5.82 Å². The number of fused-ring (bicyclic) bond motifs is 1. The molecule has 0 aromatic carbocycles. The molecule has 1 N–H and O–H groups in total. The minimum Gasteiger partial charge on any atom is -0.489 e. The van der Waals surface area contributed by atoms with Crippen LogP contribution in [0.2, 0.25) is 0 Å². The smallest absolute Gasteiger partial charge is 0.138 e. The van der Waals surface area contributed by atoms with Gasteiger partial charge < -0.3 is 14.7 Å². The van der Waals surface area contributed by atoms with Crippen molar-refractivity contribution >= 4 is 11.3 Å². The zero-order valence-corrected chi connectivity index (χ0v) is 16.6. The molecule has 3 aromatic rings. The predicted molar refractivity (Wildman–Crippen MR) is 111 cm³/mol. The maximum absolute atomic E-state index is 9.81. The van der Waals surface area contributed by atoms with E-state index in [4.69, 9.17) is 4.74 Å². The number of aromatic nitrogens is 3. The summed E-state index contributed by atoms with van der Waals surface area (Å²) in [5.74, 6) is 1.57. The van der Waals surface area contributed by atoms with Gasteiger partial charge in [-0.05, 0) is 43.9 Å². The van der Waals surface area contributed by atoms with Crippen molar-refractivity contribution < 1.29 is 9.84 Å². The van der Waals surface area contributed by atoms with E-state index in [1.807, 2.05) is 31.3 Å². The van der Waals surface area contributed by atoms with Gasteiger partial charge in [0.05, 0.1) is 29.6 Å². The molecule has 1 aliphatic rings. The molecule has 4 rings (SSSR count). The molecule has 1 saturated heterocycles. The van der Waals surface area contributed by atoms with Gasteiger partial charge in [0.1, 0.15) is 24.2 Å². The van der Waals surface area contributed by atoms with Crippen LogP contribution >= 0.6 is 0 Å². The number of ether oxygens (including phenoxy) is 1. The maximum atomic E-state index is 9.81. The Morgan fingerprint density at radius 2 is 2.07 bits per heavy atom. The number of piperidine rings is 1.